The molecule has 0 saturated heterocycles. The Morgan fingerprint density at radius 1 is 0.611 bits per heavy atom. The van der Waals surface area contributed by atoms with Crippen molar-refractivity contribution in [3.05, 3.63) is 35.9 Å². The highest BCUT2D eigenvalue weighted by Gasteiger charge is 2.31. The number of unbranched alkanes of at least 4 members (excludes halogenated alkanes) is 5. The summed E-state index contributed by atoms with van der Waals surface area (Å²) in [7, 11) is 0. The van der Waals surface area contributed by atoms with E-state index in [9.17, 15) is 72.9 Å². The van der Waals surface area contributed by atoms with E-state index in [-0.39, 0.29) is 74.5 Å². The molecule has 0 unspecified atom stereocenters. The Morgan fingerprint density at radius 3 is 1.79 bits per heavy atom. The number of carbonyl (C=O) groups is 12. The third kappa shape index (κ3) is 28.2. The molecule has 0 saturated carbocycles. The molecule has 0 heterocycles. The molecular formula is C45H65N7O18S2. The number of ether oxygens (including phenoxy) is 1. The van der Waals surface area contributed by atoms with Gasteiger partial charge in [-0.3, -0.25) is 47.9 Å². The van der Waals surface area contributed by atoms with Gasteiger partial charge in [0.2, 0.25) is 23.6 Å². The lowest BCUT2D eigenvalue weighted by Gasteiger charge is -2.21. The van der Waals surface area contributed by atoms with Crippen molar-refractivity contribution in [1.29, 1.82) is 0 Å². The van der Waals surface area contributed by atoms with Crippen LogP contribution >= 0.6 is 24.8 Å². The van der Waals surface area contributed by atoms with Crippen molar-refractivity contribution in [1.82, 2.24) is 31.9 Å². The number of carbonyl (C=O) groups excluding carboxylic acids is 7. The largest absolute Gasteiger partial charge is 0.481 e. The standard InChI is InChI=1S/C45H65N7O18S2/c46-29(40(62)49-32(22-39(60)61)41(63)50-33(24-71)44(68)69)23-47-35(56)17-14-27(42(64)65)21-34(55)31(20-26-10-6-5-7-11-26)48-36(57)13-9-4-2-1-3-8-12-28(54)15-16-30(43(66)67)51-45(72)52-37(70-25-53)18-19-38(58)59/h5-7,10-11,25,27,29-33,37,71H,1-4,8-9,12-24,46H2,(H,47,56)(H,48,57)(H,49,62)(H,50,63)(H,58,59)(H,60,61)(H,64,65)(H,66,67)(H,68,69)(H2,51,52,72)/t27-,29+,30+,31+,32+,33+,37-/m1/s1. The normalized spacial score (nSPS) is 13.7. The van der Waals surface area contributed by atoms with Crippen LogP contribution in [0, 0.1) is 5.92 Å². The molecule has 25 nitrogen and oxygen atoms in total. The molecule has 400 valence electrons. The van der Waals surface area contributed by atoms with Crippen LogP contribution < -0.4 is 37.6 Å². The monoisotopic (exact) mass is 1060 g/mol. The number of rotatable bonds is 40. The van der Waals surface area contributed by atoms with Gasteiger partial charge in [0.1, 0.15) is 30.0 Å². The number of thiol groups is 1. The quantitative estimate of drug-likeness (QED) is 0.0133. The summed E-state index contributed by atoms with van der Waals surface area (Å²) in [6, 6.07) is 1.64. The van der Waals surface area contributed by atoms with Crippen LogP contribution in [0.5, 0.6) is 0 Å². The zero-order chi connectivity index (χ0) is 54.2. The number of thiocarbonyl (C=S) groups is 1. The SMILES string of the molecule is N[C@@H](CNC(=O)CC[C@H](CC(=O)[C@H](Cc1ccccc1)NC(=O)CCCCCCCCC(=O)CC[C@H](NC(=S)N[C@@H](CCC(=O)O)OC=O)C(=O)O)C(=O)O)C(=O)N[C@@H](CC(=O)O)C(=O)N[C@@H](CS)C(=O)O. The summed E-state index contributed by atoms with van der Waals surface area (Å²) in [5.41, 5.74) is 6.52. The fourth-order valence-corrected chi connectivity index (χ4v) is 7.26. The summed E-state index contributed by atoms with van der Waals surface area (Å²) in [4.78, 5) is 145. The Labute approximate surface area is 425 Å². The molecule has 1 rings (SSSR count). The molecule has 0 aliphatic heterocycles. The number of nitrogens with two attached hydrogens (primary N) is 1. The molecule has 0 aromatic heterocycles. The minimum Gasteiger partial charge on any atom is -0.481 e. The van der Waals surface area contributed by atoms with E-state index in [1.165, 1.54) is 0 Å². The highest BCUT2D eigenvalue weighted by molar-refractivity contribution is 7.80. The third-order valence-corrected chi connectivity index (χ3v) is 11.3. The van der Waals surface area contributed by atoms with Crippen molar-refractivity contribution in [3.8, 4) is 0 Å². The Bertz CT molecular complexity index is 2030. The highest BCUT2D eigenvalue weighted by atomic mass is 32.1. The number of carboxylic acids is 5. The third-order valence-electron chi connectivity index (χ3n) is 10.7. The number of nitrogens with one attached hydrogen (secondary N) is 6. The van der Waals surface area contributed by atoms with Crippen molar-refractivity contribution in [2.75, 3.05) is 12.3 Å². The Balaban J connectivity index is 2.62. The van der Waals surface area contributed by atoms with Gasteiger partial charge in [0, 0.05) is 50.8 Å². The minimum absolute atomic E-state index is 0.0540. The zero-order valence-electron chi connectivity index (χ0n) is 39.4. The lowest BCUT2D eigenvalue weighted by atomic mass is 9.91. The van der Waals surface area contributed by atoms with Crippen molar-refractivity contribution < 1.29 is 87.8 Å². The van der Waals surface area contributed by atoms with Crippen LogP contribution in [0.3, 0.4) is 0 Å². The van der Waals surface area contributed by atoms with Gasteiger partial charge in [0.15, 0.2) is 17.1 Å². The molecule has 0 bridgehead atoms. The molecule has 0 aliphatic rings. The van der Waals surface area contributed by atoms with E-state index in [1.807, 2.05) is 5.32 Å². The van der Waals surface area contributed by atoms with Crippen molar-refractivity contribution >= 4 is 101 Å². The molecule has 0 fully saturated rings. The number of amides is 4. The van der Waals surface area contributed by atoms with E-state index in [1.54, 1.807) is 30.3 Å². The molecule has 4 amide bonds. The lowest BCUT2D eigenvalue weighted by Crippen LogP contribution is -2.57. The van der Waals surface area contributed by atoms with E-state index in [0.29, 0.717) is 31.2 Å². The first-order chi connectivity index (χ1) is 34.1. The van der Waals surface area contributed by atoms with Gasteiger partial charge in [-0.25, -0.2) is 9.59 Å². The second-order valence-electron chi connectivity index (χ2n) is 16.6. The minimum atomic E-state index is -1.73. The van der Waals surface area contributed by atoms with Crippen LogP contribution in [-0.4, -0.2) is 151 Å². The van der Waals surface area contributed by atoms with Gasteiger partial charge in [-0.15, -0.1) is 0 Å². The lowest BCUT2D eigenvalue weighted by molar-refractivity contribution is -0.144. The number of aliphatic carboxylic acids is 5. The number of carboxylic acid groups (broad SMARTS) is 5. The molecule has 0 aliphatic carbocycles. The van der Waals surface area contributed by atoms with E-state index in [4.69, 9.17) is 32.9 Å². The summed E-state index contributed by atoms with van der Waals surface area (Å²) in [5.74, 6) is -12.6. The number of hydrogen-bond donors (Lipinski definition) is 13. The first kappa shape index (κ1) is 63.3. The molecule has 7 atom stereocenters. The van der Waals surface area contributed by atoms with Crippen molar-refractivity contribution in [2.45, 2.75) is 146 Å². The fraction of sp³-hybridized carbons (Fsp3) is 0.578. The Morgan fingerprint density at radius 2 is 1.22 bits per heavy atom. The molecular weight excluding hydrogens is 991 g/mol. The highest BCUT2D eigenvalue weighted by Crippen LogP contribution is 2.17. The van der Waals surface area contributed by atoms with Crippen molar-refractivity contribution in [3.63, 3.8) is 0 Å². The summed E-state index contributed by atoms with van der Waals surface area (Å²) >= 11 is 8.87. The van der Waals surface area contributed by atoms with Crippen LogP contribution in [0.2, 0.25) is 0 Å². The predicted octanol–water partition coefficient (Wildman–Crippen LogP) is -0.192. The molecule has 0 spiro atoms. The Hall–Kier alpha value is -6.74. The maximum Gasteiger partial charge on any atom is 0.327 e. The Kier molecular flexibility index (Phi) is 31.1. The van der Waals surface area contributed by atoms with Gasteiger partial charge >= 0.3 is 29.8 Å². The molecule has 72 heavy (non-hydrogen) atoms. The average Bonchev–Trinajstić information content (AvgIpc) is 3.31. The summed E-state index contributed by atoms with van der Waals surface area (Å²) in [6.45, 7) is -0.429. The molecule has 13 N–H and O–H groups in total. The van der Waals surface area contributed by atoms with Gasteiger partial charge in [-0.05, 0) is 49.9 Å². The van der Waals surface area contributed by atoms with Gasteiger partial charge in [-0.2, -0.15) is 12.6 Å². The predicted molar refractivity (Wildman–Crippen MR) is 260 cm³/mol. The second kappa shape index (κ2) is 35.4. The topological polar surface area (TPSA) is 413 Å². The maximum absolute atomic E-state index is 13.6. The van der Waals surface area contributed by atoms with Gasteiger partial charge in [0.05, 0.1) is 24.8 Å². The van der Waals surface area contributed by atoms with Crippen molar-refractivity contribution in [2.24, 2.45) is 11.7 Å². The second-order valence-corrected chi connectivity index (χ2v) is 17.3. The summed E-state index contributed by atoms with van der Waals surface area (Å²) in [5, 5.41) is 60.8. The van der Waals surface area contributed by atoms with E-state index in [0.717, 1.165) is 12.8 Å². The molecule has 1 aromatic rings. The maximum atomic E-state index is 13.6. The van der Waals surface area contributed by atoms with Crippen LogP contribution in [-0.2, 0) is 68.7 Å². The number of hydrogen-bond acceptors (Lipinski definition) is 16. The number of Topliss-reactive ketones (excluding diaryl/α,β-unsaturated/α-hetero) is 2. The first-order valence-corrected chi connectivity index (χ1v) is 24.0. The average molecular weight is 1060 g/mol. The molecule has 1 aromatic carbocycles. The van der Waals surface area contributed by atoms with E-state index >= 15 is 0 Å². The van der Waals surface area contributed by atoms with E-state index in [2.05, 4.69) is 39.2 Å². The van der Waals surface area contributed by atoms with Crippen LogP contribution in [0.25, 0.3) is 0 Å². The van der Waals surface area contributed by atoms with Crippen LogP contribution in [0.4, 0.5) is 0 Å². The summed E-state index contributed by atoms with van der Waals surface area (Å²) in [6.07, 6.45) is 0.283. The van der Waals surface area contributed by atoms with Crippen LogP contribution in [0.1, 0.15) is 108 Å². The van der Waals surface area contributed by atoms with Crippen LogP contribution in [0.15, 0.2) is 30.3 Å². The fourth-order valence-electron chi connectivity index (χ4n) is 6.73. The smallest absolute Gasteiger partial charge is 0.327 e. The number of ketones is 2. The zero-order valence-corrected chi connectivity index (χ0v) is 41.1. The molecule has 0 radical (unpaired) electrons. The molecule has 27 heteroatoms. The summed E-state index contributed by atoms with van der Waals surface area (Å²) < 4.78 is 4.74. The van der Waals surface area contributed by atoms with E-state index < -0.39 is 127 Å². The van der Waals surface area contributed by atoms with Gasteiger partial charge in [0.25, 0.3) is 6.47 Å². The van der Waals surface area contributed by atoms with Gasteiger partial charge < -0.3 is 67.9 Å². The number of benzene rings is 1. The first-order valence-electron chi connectivity index (χ1n) is 23.0. The van der Waals surface area contributed by atoms with Gasteiger partial charge in [-0.1, -0.05) is 56.0 Å².